The molecule has 130 valence electrons. The van der Waals surface area contributed by atoms with E-state index in [-0.39, 0.29) is 12.3 Å². The highest BCUT2D eigenvalue weighted by Gasteiger charge is 2.09. The van der Waals surface area contributed by atoms with Crippen LogP contribution in [-0.2, 0) is 25.3 Å². The quantitative estimate of drug-likeness (QED) is 0.609. The summed E-state index contributed by atoms with van der Waals surface area (Å²) in [7, 11) is 3.75. The largest absolute Gasteiger partial charge is 0.334 e. The molecule has 8 heteroatoms. The van der Waals surface area contributed by atoms with E-state index in [1.807, 2.05) is 37.0 Å². The minimum absolute atomic E-state index is 0.138. The fourth-order valence-electron chi connectivity index (χ4n) is 2.81. The van der Waals surface area contributed by atoms with Gasteiger partial charge in [-0.05, 0) is 17.7 Å². The molecule has 0 fully saturated rings. The summed E-state index contributed by atoms with van der Waals surface area (Å²) in [5, 5.41) is 7.79. The van der Waals surface area contributed by atoms with Crippen molar-refractivity contribution in [2.75, 3.05) is 5.32 Å². The second-order valence-electron chi connectivity index (χ2n) is 6.12. The minimum atomic E-state index is -0.138. The van der Waals surface area contributed by atoms with E-state index in [0.717, 1.165) is 27.7 Å². The van der Waals surface area contributed by atoms with Crippen LogP contribution in [0.5, 0.6) is 0 Å². The molecule has 0 radical (unpaired) electrons. The second kappa shape index (κ2) is 6.40. The Hall–Kier alpha value is -3.55. The number of aryl methyl sites for hydroxylation is 2. The Bertz CT molecular complexity index is 1100. The highest BCUT2D eigenvalue weighted by Crippen LogP contribution is 2.23. The maximum atomic E-state index is 12.2. The molecule has 0 unspecified atom stereocenters. The van der Waals surface area contributed by atoms with E-state index in [2.05, 4.69) is 25.4 Å². The first-order chi connectivity index (χ1) is 12.6. The standard InChI is InChI=1S/C18H17N7O/c1-24-11-19-9-16(24)14-4-13-5-17(21-8-15(13)20-7-14)23-18(26)3-12-6-22-25(2)10-12/h4-11H,3H2,1-2H3,(H,21,23,26). The first-order valence-electron chi connectivity index (χ1n) is 8.08. The predicted molar refractivity (Wildman–Crippen MR) is 97.3 cm³/mol. The van der Waals surface area contributed by atoms with E-state index in [1.54, 1.807) is 35.8 Å². The zero-order valence-electron chi connectivity index (χ0n) is 14.4. The molecule has 1 amide bonds. The van der Waals surface area contributed by atoms with Crippen molar-refractivity contribution < 1.29 is 4.79 Å². The van der Waals surface area contributed by atoms with E-state index in [1.165, 1.54) is 0 Å². The fourth-order valence-corrected chi connectivity index (χ4v) is 2.81. The van der Waals surface area contributed by atoms with Crippen LogP contribution in [0.2, 0.25) is 0 Å². The number of carbonyl (C=O) groups excluding carboxylic acids is 1. The Morgan fingerprint density at radius 1 is 1.12 bits per heavy atom. The van der Waals surface area contributed by atoms with E-state index < -0.39 is 0 Å². The van der Waals surface area contributed by atoms with Gasteiger partial charge in [-0.15, -0.1) is 0 Å². The number of pyridine rings is 2. The van der Waals surface area contributed by atoms with E-state index in [0.29, 0.717) is 5.82 Å². The Morgan fingerprint density at radius 3 is 2.73 bits per heavy atom. The summed E-state index contributed by atoms with van der Waals surface area (Å²) in [6, 6.07) is 3.83. The van der Waals surface area contributed by atoms with E-state index >= 15 is 0 Å². The second-order valence-corrected chi connectivity index (χ2v) is 6.12. The van der Waals surface area contributed by atoms with Gasteiger partial charge in [0.1, 0.15) is 5.82 Å². The Balaban J connectivity index is 1.58. The van der Waals surface area contributed by atoms with Gasteiger partial charge < -0.3 is 9.88 Å². The molecule has 0 aliphatic rings. The summed E-state index contributed by atoms with van der Waals surface area (Å²) < 4.78 is 3.60. The summed E-state index contributed by atoms with van der Waals surface area (Å²) in [4.78, 5) is 25.1. The van der Waals surface area contributed by atoms with Crippen LogP contribution in [0, 0.1) is 0 Å². The van der Waals surface area contributed by atoms with Crippen molar-refractivity contribution in [3.05, 3.63) is 55.0 Å². The molecule has 4 aromatic rings. The molecule has 0 aliphatic heterocycles. The van der Waals surface area contributed by atoms with Crippen LogP contribution in [0.1, 0.15) is 5.56 Å². The number of hydrogen-bond acceptors (Lipinski definition) is 5. The lowest BCUT2D eigenvalue weighted by molar-refractivity contribution is -0.115. The third-order valence-electron chi connectivity index (χ3n) is 4.07. The average molecular weight is 347 g/mol. The van der Waals surface area contributed by atoms with Crippen molar-refractivity contribution >= 4 is 22.6 Å². The maximum Gasteiger partial charge on any atom is 0.230 e. The zero-order valence-corrected chi connectivity index (χ0v) is 14.4. The third kappa shape index (κ3) is 3.16. The third-order valence-corrected chi connectivity index (χ3v) is 4.07. The summed E-state index contributed by atoms with van der Waals surface area (Å²) in [6.07, 6.45) is 10.7. The molecule has 0 aliphatic carbocycles. The number of nitrogens with one attached hydrogen (secondary N) is 1. The minimum Gasteiger partial charge on any atom is -0.334 e. The van der Waals surface area contributed by atoms with Gasteiger partial charge in [-0.1, -0.05) is 0 Å². The van der Waals surface area contributed by atoms with Crippen molar-refractivity contribution in [2.24, 2.45) is 14.1 Å². The fraction of sp³-hybridized carbons (Fsp3) is 0.167. The van der Waals surface area contributed by atoms with Gasteiger partial charge >= 0.3 is 0 Å². The van der Waals surface area contributed by atoms with Crippen molar-refractivity contribution in [3.63, 3.8) is 0 Å². The molecule has 4 heterocycles. The Kier molecular flexibility index (Phi) is 3.92. The molecular formula is C18H17N7O. The number of anilines is 1. The lowest BCUT2D eigenvalue weighted by Gasteiger charge is -2.07. The monoisotopic (exact) mass is 347 g/mol. The molecule has 0 aromatic carbocycles. The van der Waals surface area contributed by atoms with Gasteiger partial charge in [-0.25, -0.2) is 9.97 Å². The summed E-state index contributed by atoms with van der Waals surface area (Å²) in [5.41, 5.74) is 3.54. The number of fused-ring (bicyclic) bond motifs is 1. The summed E-state index contributed by atoms with van der Waals surface area (Å²) in [6.45, 7) is 0. The van der Waals surface area contributed by atoms with Gasteiger partial charge in [0.25, 0.3) is 0 Å². The molecule has 26 heavy (non-hydrogen) atoms. The molecule has 4 rings (SSSR count). The van der Waals surface area contributed by atoms with Crippen molar-refractivity contribution in [1.82, 2.24) is 29.3 Å². The van der Waals surface area contributed by atoms with Crippen LogP contribution in [0.25, 0.3) is 22.2 Å². The van der Waals surface area contributed by atoms with E-state index in [9.17, 15) is 4.79 Å². The highest BCUT2D eigenvalue weighted by molar-refractivity contribution is 5.93. The van der Waals surface area contributed by atoms with Gasteiger partial charge in [-0.3, -0.25) is 14.5 Å². The first kappa shape index (κ1) is 15.9. The number of amides is 1. The molecular weight excluding hydrogens is 330 g/mol. The van der Waals surface area contributed by atoms with Gasteiger partial charge in [0.15, 0.2) is 0 Å². The smallest absolute Gasteiger partial charge is 0.230 e. The van der Waals surface area contributed by atoms with Crippen molar-refractivity contribution in [2.45, 2.75) is 6.42 Å². The van der Waals surface area contributed by atoms with Crippen LogP contribution in [0.4, 0.5) is 5.82 Å². The van der Waals surface area contributed by atoms with Gasteiger partial charge in [0, 0.05) is 37.4 Å². The van der Waals surface area contributed by atoms with Crippen molar-refractivity contribution in [3.8, 4) is 11.3 Å². The first-order valence-corrected chi connectivity index (χ1v) is 8.08. The van der Waals surface area contributed by atoms with Gasteiger partial charge in [0.2, 0.25) is 5.91 Å². The number of aromatic nitrogens is 6. The molecule has 1 N–H and O–H groups in total. The lowest BCUT2D eigenvalue weighted by Crippen LogP contribution is -2.15. The molecule has 0 spiro atoms. The molecule has 0 atom stereocenters. The number of hydrogen-bond donors (Lipinski definition) is 1. The van der Waals surface area contributed by atoms with Crippen LogP contribution < -0.4 is 5.32 Å². The Morgan fingerprint density at radius 2 is 2.00 bits per heavy atom. The normalized spacial score (nSPS) is 11.0. The topological polar surface area (TPSA) is 90.5 Å². The highest BCUT2D eigenvalue weighted by atomic mass is 16.1. The summed E-state index contributed by atoms with van der Waals surface area (Å²) in [5.74, 6) is 0.357. The molecule has 8 nitrogen and oxygen atoms in total. The summed E-state index contributed by atoms with van der Waals surface area (Å²) >= 11 is 0. The zero-order chi connectivity index (χ0) is 18.1. The van der Waals surface area contributed by atoms with Crippen molar-refractivity contribution in [1.29, 1.82) is 0 Å². The number of rotatable bonds is 4. The molecule has 0 saturated carbocycles. The van der Waals surface area contributed by atoms with Crippen LogP contribution in [0.3, 0.4) is 0 Å². The van der Waals surface area contributed by atoms with Crippen LogP contribution in [0.15, 0.2) is 49.4 Å². The molecule has 4 aromatic heterocycles. The number of nitrogens with zero attached hydrogens (tertiary/aromatic N) is 6. The van der Waals surface area contributed by atoms with Crippen LogP contribution in [-0.4, -0.2) is 35.2 Å². The van der Waals surface area contributed by atoms with Gasteiger partial charge in [0.05, 0.1) is 42.5 Å². The van der Waals surface area contributed by atoms with Gasteiger partial charge in [-0.2, -0.15) is 5.10 Å². The lowest BCUT2D eigenvalue weighted by atomic mass is 10.1. The van der Waals surface area contributed by atoms with Crippen LogP contribution >= 0.6 is 0 Å². The SMILES string of the molecule is Cn1cc(CC(=O)Nc2cc3cc(-c4cncn4C)cnc3cn2)cn1. The Labute approximate surface area is 149 Å². The molecule has 0 bridgehead atoms. The average Bonchev–Trinajstić information content (AvgIpc) is 3.22. The predicted octanol–water partition coefficient (Wildman–Crippen LogP) is 1.94. The van der Waals surface area contributed by atoms with E-state index in [4.69, 9.17) is 0 Å². The molecule has 0 saturated heterocycles. The number of carbonyl (C=O) groups is 1. The number of imidazole rings is 1. The maximum absolute atomic E-state index is 12.2.